The molecule has 0 heterocycles. The molecule has 0 aromatic heterocycles. The number of rotatable bonds is 12. The van der Waals surface area contributed by atoms with Gasteiger partial charge < -0.3 is 19.4 Å². The van der Waals surface area contributed by atoms with E-state index in [1.54, 1.807) is 6.92 Å². The smallest absolute Gasteiger partial charge is 0.333 e. The Morgan fingerprint density at radius 3 is 2.21 bits per heavy atom. The Morgan fingerprint density at radius 1 is 0.909 bits per heavy atom. The van der Waals surface area contributed by atoms with E-state index in [4.69, 9.17) is 14.3 Å². The molecule has 1 unspecified atom stereocenters. The Kier molecular flexibility index (Phi) is 9.03. The summed E-state index contributed by atoms with van der Waals surface area (Å²) >= 11 is 0. The Balaban J connectivity index is 1.42. The Labute approximate surface area is 194 Å². The number of hydrogen-bond donors (Lipinski definition) is 1. The van der Waals surface area contributed by atoms with Crippen LogP contribution < -0.4 is 4.74 Å². The van der Waals surface area contributed by atoms with E-state index in [0.717, 1.165) is 22.4 Å². The molecule has 0 aliphatic heterocycles. The molecular weight excluding hydrogens is 418 g/mol. The lowest BCUT2D eigenvalue weighted by Gasteiger charge is -2.12. The molecule has 6 heteroatoms. The molecule has 6 nitrogen and oxygen atoms in total. The van der Waals surface area contributed by atoms with Gasteiger partial charge in [-0.25, -0.2) is 4.79 Å². The summed E-state index contributed by atoms with van der Waals surface area (Å²) in [7, 11) is 0. The van der Waals surface area contributed by atoms with E-state index in [9.17, 15) is 9.90 Å². The monoisotopic (exact) mass is 447 g/mol. The highest BCUT2D eigenvalue weighted by Gasteiger charge is 2.17. The third kappa shape index (κ3) is 7.47. The maximum atomic E-state index is 11.2. The van der Waals surface area contributed by atoms with Crippen LogP contribution in [0, 0.1) is 0 Å². The minimum atomic E-state index is -0.961. The van der Waals surface area contributed by atoms with Crippen LogP contribution in [0.3, 0.4) is 0 Å². The lowest BCUT2D eigenvalue weighted by atomic mass is 10.0. The second-order valence-corrected chi connectivity index (χ2v) is 7.43. The molecule has 0 saturated heterocycles. The zero-order chi connectivity index (χ0) is 23.5. The van der Waals surface area contributed by atoms with Crippen molar-refractivity contribution in [3.63, 3.8) is 0 Å². The largest absolute Gasteiger partial charge is 0.490 e. The summed E-state index contributed by atoms with van der Waals surface area (Å²) in [5, 5.41) is 13.4. The highest BCUT2D eigenvalue weighted by atomic mass is 16.6. The van der Waals surface area contributed by atoms with Gasteiger partial charge in [-0.15, -0.1) is 0 Å². The number of oxime groups is 1. The average molecular weight is 448 g/mol. The SMILES string of the molecule is CCOC(Cc1ccc(OCCON=C(C)c2ccc(-c3ccccc3)cc2)cc1)C(=O)O. The molecule has 172 valence electrons. The fourth-order valence-electron chi connectivity index (χ4n) is 3.28. The summed E-state index contributed by atoms with van der Waals surface area (Å²) in [6, 6.07) is 25.7. The first-order valence-corrected chi connectivity index (χ1v) is 11.0. The topological polar surface area (TPSA) is 77.3 Å². The van der Waals surface area contributed by atoms with Gasteiger partial charge in [0.05, 0.1) is 5.71 Å². The summed E-state index contributed by atoms with van der Waals surface area (Å²) in [6.45, 7) is 4.71. The van der Waals surface area contributed by atoms with Crippen molar-refractivity contribution in [3.05, 3.63) is 90.0 Å². The first-order chi connectivity index (χ1) is 16.1. The van der Waals surface area contributed by atoms with E-state index in [-0.39, 0.29) is 0 Å². The van der Waals surface area contributed by atoms with Crippen LogP contribution in [0.15, 0.2) is 84.0 Å². The minimum absolute atomic E-state index is 0.312. The van der Waals surface area contributed by atoms with Gasteiger partial charge in [0.15, 0.2) is 12.7 Å². The van der Waals surface area contributed by atoms with Crippen molar-refractivity contribution >= 4 is 11.7 Å². The minimum Gasteiger partial charge on any atom is -0.490 e. The van der Waals surface area contributed by atoms with Gasteiger partial charge in [-0.05, 0) is 48.2 Å². The van der Waals surface area contributed by atoms with Gasteiger partial charge in [0.25, 0.3) is 0 Å². The zero-order valence-corrected chi connectivity index (χ0v) is 18.9. The Hall–Kier alpha value is -3.64. The number of benzene rings is 3. The fraction of sp³-hybridized carbons (Fsp3) is 0.259. The number of carbonyl (C=O) groups is 1. The maximum Gasteiger partial charge on any atom is 0.333 e. The molecule has 0 aliphatic carbocycles. The van der Waals surface area contributed by atoms with Gasteiger partial charge in [-0.1, -0.05) is 71.9 Å². The van der Waals surface area contributed by atoms with E-state index in [1.807, 2.05) is 61.5 Å². The first-order valence-electron chi connectivity index (χ1n) is 11.0. The van der Waals surface area contributed by atoms with E-state index in [1.165, 1.54) is 5.56 Å². The van der Waals surface area contributed by atoms with Gasteiger partial charge >= 0.3 is 5.97 Å². The van der Waals surface area contributed by atoms with Crippen LogP contribution in [-0.4, -0.2) is 42.7 Å². The molecule has 0 aliphatic rings. The molecule has 3 aromatic carbocycles. The first kappa shape index (κ1) is 24.0. The van der Waals surface area contributed by atoms with E-state index in [2.05, 4.69) is 29.4 Å². The molecule has 0 saturated carbocycles. The van der Waals surface area contributed by atoms with E-state index < -0.39 is 12.1 Å². The van der Waals surface area contributed by atoms with Gasteiger partial charge in [0.2, 0.25) is 0 Å². The van der Waals surface area contributed by atoms with E-state index >= 15 is 0 Å². The number of carboxylic acid groups (broad SMARTS) is 1. The second-order valence-electron chi connectivity index (χ2n) is 7.43. The van der Waals surface area contributed by atoms with Crippen molar-refractivity contribution in [2.75, 3.05) is 19.8 Å². The zero-order valence-electron chi connectivity index (χ0n) is 18.9. The molecule has 0 amide bonds. The molecule has 0 radical (unpaired) electrons. The number of ether oxygens (including phenoxy) is 2. The summed E-state index contributed by atoms with van der Waals surface area (Å²) in [6.07, 6.45) is -0.529. The number of aliphatic carboxylic acids is 1. The third-order valence-electron chi connectivity index (χ3n) is 5.04. The average Bonchev–Trinajstić information content (AvgIpc) is 2.85. The molecule has 3 aromatic rings. The van der Waals surface area contributed by atoms with Gasteiger partial charge in [-0.2, -0.15) is 0 Å². The normalized spacial score (nSPS) is 12.2. The number of nitrogens with zero attached hydrogens (tertiary/aromatic N) is 1. The van der Waals surface area contributed by atoms with Gasteiger partial charge in [-0.3, -0.25) is 0 Å². The van der Waals surface area contributed by atoms with Crippen LogP contribution in [0.4, 0.5) is 0 Å². The van der Waals surface area contributed by atoms with Crippen molar-refractivity contribution in [1.29, 1.82) is 0 Å². The summed E-state index contributed by atoms with van der Waals surface area (Å²) < 4.78 is 10.9. The predicted molar refractivity (Wildman–Crippen MR) is 129 cm³/mol. The van der Waals surface area contributed by atoms with Crippen LogP contribution in [0.5, 0.6) is 5.75 Å². The van der Waals surface area contributed by atoms with Crippen molar-refractivity contribution in [3.8, 4) is 16.9 Å². The quantitative estimate of drug-likeness (QED) is 0.234. The Bertz CT molecular complexity index is 1030. The van der Waals surface area contributed by atoms with Crippen LogP contribution in [-0.2, 0) is 20.8 Å². The summed E-state index contributed by atoms with van der Waals surface area (Å²) in [4.78, 5) is 16.6. The van der Waals surface area contributed by atoms with Gasteiger partial charge in [0, 0.05) is 13.0 Å². The highest BCUT2D eigenvalue weighted by Crippen LogP contribution is 2.19. The molecule has 1 atom stereocenters. The lowest BCUT2D eigenvalue weighted by molar-refractivity contribution is -0.149. The second kappa shape index (κ2) is 12.4. The standard InChI is InChI=1S/C27H29NO5/c1-3-31-26(27(29)30)19-21-9-15-25(16-10-21)32-17-18-33-28-20(2)22-11-13-24(14-12-22)23-7-5-4-6-8-23/h4-16,26H,3,17-19H2,1-2H3,(H,29,30). The highest BCUT2D eigenvalue weighted by molar-refractivity contribution is 5.98. The molecule has 0 fully saturated rings. The molecule has 33 heavy (non-hydrogen) atoms. The Morgan fingerprint density at radius 2 is 1.58 bits per heavy atom. The van der Waals surface area contributed by atoms with Crippen LogP contribution in [0.2, 0.25) is 0 Å². The van der Waals surface area contributed by atoms with Crippen LogP contribution in [0.25, 0.3) is 11.1 Å². The predicted octanol–water partition coefficient (Wildman–Crippen LogP) is 5.21. The van der Waals surface area contributed by atoms with Gasteiger partial charge in [0.1, 0.15) is 12.4 Å². The summed E-state index contributed by atoms with van der Waals surface area (Å²) in [5.74, 6) is -0.278. The molecular formula is C27H29NO5. The van der Waals surface area contributed by atoms with Crippen molar-refractivity contribution < 1.29 is 24.2 Å². The lowest BCUT2D eigenvalue weighted by Crippen LogP contribution is -2.26. The maximum absolute atomic E-state index is 11.2. The van der Waals surface area contributed by atoms with Crippen molar-refractivity contribution in [1.82, 2.24) is 0 Å². The number of carboxylic acids is 1. The summed E-state index contributed by atoms with van der Waals surface area (Å²) in [5.41, 5.74) is 5.00. The van der Waals surface area contributed by atoms with E-state index in [0.29, 0.717) is 32.0 Å². The van der Waals surface area contributed by atoms with Crippen LogP contribution >= 0.6 is 0 Å². The third-order valence-corrected chi connectivity index (χ3v) is 5.04. The number of hydrogen-bond acceptors (Lipinski definition) is 5. The molecule has 0 spiro atoms. The van der Waals surface area contributed by atoms with Crippen molar-refractivity contribution in [2.24, 2.45) is 5.16 Å². The fourth-order valence-corrected chi connectivity index (χ4v) is 3.28. The van der Waals surface area contributed by atoms with Crippen molar-refractivity contribution in [2.45, 2.75) is 26.4 Å². The molecule has 1 N–H and O–H groups in total. The molecule has 3 rings (SSSR count). The molecule has 0 bridgehead atoms. The van der Waals surface area contributed by atoms with Crippen LogP contribution in [0.1, 0.15) is 25.0 Å².